The maximum absolute atomic E-state index is 12.3. The maximum atomic E-state index is 12.3. The van der Waals surface area contributed by atoms with Crippen LogP contribution in [-0.2, 0) is 0 Å². The fraction of sp³-hybridized carbons (Fsp3) is 0.100. The normalized spacial score (nSPS) is 10.2. The van der Waals surface area contributed by atoms with Gasteiger partial charge in [-0.25, -0.2) is 14.8 Å². The van der Waals surface area contributed by atoms with E-state index in [9.17, 15) is 9.59 Å². The van der Waals surface area contributed by atoms with Gasteiger partial charge in [-0.1, -0.05) is 11.6 Å². The van der Waals surface area contributed by atoms with E-state index in [1.54, 1.807) is 56.7 Å². The van der Waals surface area contributed by atoms with Crippen molar-refractivity contribution in [2.75, 3.05) is 19.4 Å². The molecule has 0 fully saturated rings. The van der Waals surface area contributed by atoms with E-state index in [-0.39, 0.29) is 11.8 Å². The summed E-state index contributed by atoms with van der Waals surface area (Å²) in [5, 5.41) is 3.40. The van der Waals surface area contributed by atoms with Gasteiger partial charge in [-0.2, -0.15) is 0 Å². The highest BCUT2D eigenvalue weighted by molar-refractivity contribution is 6.32. The van der Waals surface area contributed by atoms with Crippen molar-refractivity contribution in [1.29, 1.82) is 0 Å². The number of aromatic nitrogens is 2. The molecule has 0 atom stereocenters. The first-order valence-corrected chi connectivity index (χ1v) is 9.05. The van der Waals surface area contributed by atoms with Crippen LogP contribution in [0.5, 0.6) is 17.4 Å². The number of pyridine rings is 2. The molecule has 9 nitrogen and oxygen atoms in total. The largest absolute Gasteiger partial charge is 0.456 e. The number of anilines is 2. The minimum absolute atomic E-state index is 0.00245. The smallest absolute Gasteiger partial charge is 0.411 e. The number of carbonyl (C=O) groups is 2. The molecule has 2 heterocycles. The third-order valence-electron chi connectivity index (χ3n) is 3.78. The van der Waals surface area contributed by atoms with Crippen LogP contribution >= 0.6 is 11.6 Å². The SMILES string of the molecule is CN(C)C(=O)c1cccnc1Nc1ccc(Oc2ccnc(OC(N)=O)c2)c(Cl)c1. The summed E-state index contributed by atoms with van der Waals surface area (Å²) in [6.07, 6.45) is 2.01. The zero-order valence-electron chi connectivity index (χ0n) is 16.1. The fourth-order valence-electron chi connectivity index (χ4n) is 2.46. The average molecular weight is 428 g/mol. The zero-order valence-corrected chi connectivity index (χ0v) is 16.9. The molecule has 0 aliphatic carbocycles. The first-order chi connectivity index (χ1) is 14.3. The average Bonchev–Trinajstić information content (AvgIpc) is 2.70. The number of nitrogens with one attached hydrogen (secondary N) is 1. The van der Waals surface area contributed by atoms with E-state index in [4.69, 9.17) is 26.8 Å². The van der Waals surface area contributed by atoms with Gasteiger partial charge in [0, 0.05) is 38.2 Å². The molecule has 0 saturated heterocycles. The van der Waals surface area contributed by atoms with Gasteiger partial charge in [0.15, 0.2) is 0 Å². The number of benzene rings is 1. The summed E-state index contributed by atoms with van der Waals surface area (Å²) in [5.74, 6) is 0.950. The Kier molecular flexibility index (Phi) is 6.33. The van der Waals surface area contributed by atoms with E-state index >= 15 is 0 Å². The topological polar surface area (TPSA) is 120 Å². The number of rotatable bonds is 6. The summed E-state index contributed by atoms with van der Waals surface area (Å²) in [5.41, 5.74) is 6.02. The molecule has 0 bridgehead atoms. The Hall–Kier alpha value is -3.85. The Labute approximate surface area is 177 Å². The summed E-state index contributed by atoms with van der Waals surface area (Å²) in [6.45, 7) is 0. The van der Waals surface area contributed by atoms with Crippen molar-refractivity contribution in [3.8, 4) is 17.4 Å². The van der Waals surface area contributed by atoms with Crippen molar-refractivity contribution in [1.82, 2.24) is 14.9 Å². The lowest BCUT2D eigenvalue weighted by Crippen LogP contribution is -2.22. The number of halogens is 1. The van der Waals surface area contributed by atoms with E-state index < -0.39 is 6.09 Å². The lowest BCUT2D eigenvalue weighted by Gasteiger charge is -2.15. The van der Waals surface area contributed by atoms with Gasteiger partial charge in [-0.3, -0.25) is 4.79 Å². The molecular formula is C20H18ClN5O4. The lowest BCUT2D eigenvalue weighted by atomic mass is 10.2. The lowest BCUT2D eigenvalue weighted by molar-refractivity contribution is 0.0828. The summed E-state index contributed by atoms with van der Waals surface area (Å²) in [6, 6.07) is 11.4. The van der Waals surface area contributed by atoms with Gasteiger partial charge in [0.1, 0.15) is 17.3 Å². The van der Waals surface area contributed by atoms with Gasteiger partial charge in [0.2, 0.25) is 5.88 Å². The van der Waals surface area contributed by atoms with E-state index in [0.717, 1.165) is 0 Å². The molecule has 0 unspecified atom stereocenters. The van der Waals surface area contributed by atoms with E-state index in [0.29, 0.717) is 33.6 Å². The number of carbonyl (C=O) groups excluding carboxylic acids is 2. The first-order valence-electron chi connectivity index (χ1n) is 8.68. The van der Waals surface area contributed by atoms with Crippen molar-refractivity contribution in [3.63, 3.8) is 0 Å². The van der Waals surface area contributed by atoms with E-state index in [2.05, 4.69) is 15.3 Å². The second kappa shape index (κ2) is 9.10. The Morgan fingerprint density at radius 2 is 1.90 bits per heavy atom. The molecule has 0 saturated carbocycles. The molecular weight excluding hydrogens is 410 g/mol. The van der Waals surface area contributed by atoms with Gasteiger partial charge in [-0.15, -0.1) is 0 Å². The van der Waals surface area contributed by atoms with Crippen LogP contribution in [0.25, 0.3) is 0 Å². The van der Waals surface area contributed by atoms with Crippen molar-refractivity contribution in [3.05, 3.63) is 65.4 Å². The molecule has 1 aromatic carbocycles. The first kappa shape index (κ1) is 20.9. The number of nitrogens with zero attached hydrogens (tertiary/aromatic N) is 3. The van der Waals surface area contributed by atoms with Crippen LogP contribution in [0.4, 0.5) is 16.3 Å². The monoisotopic (exact) mass is 427 g/mol. The zero-order chi connectivity index (χ0) is 21.7. The molecule has 10 heteroatoms. The predicted molar refractivity (Wildman–Crippen MR) is 112 cm³/mol. The number of hydrogen-bond acceptors (Lipinski definition) is 7. The fourth-order valence-corrected chi connectivity index (χ4v) is 2.68. The molecule has 3 N–H and O–H groups in total. The standard InChI is InChI=1S/C20H18ClN5O4/c1-26(2)19(27)14-4-3-8-24-18(14)25-12-5-6-16(15(21)10-12)29-13-7-9-23-17(11-13)30-20(22)28/h3-11H,1-2H3,(H2,22,28)(H,24,25). The number of hydrogen-bond donors (Lipinski definition) is 2. The number of ether oxygens (including phenoxy) is 2. The molecule has 0 aliphatic heterocycles. The van der Waals surface area contributed by atoms with Crippen LogP contribution in [0.2, 0.25) is 5.02 Å². The van der Waals surface area contributed by atoms with Gasteiger partial charge < -0.3 is 25.4 Å². The minimum atomic E-state index is -0.977. The highest BCUT2D eigenvalue weighted by Gasteiger charge is 2.15. The third kappa shape index (κ3) is 5.15. The summed E-state index contributed by atoms with van der Waals surface area (Å²) < 4.78 is 10.4. The third-order valence-corrected chi connectivity index (χ3v) is 4.07. The van der Waals surface area contributed by atoms with Gasteiger partial charge in [-0.05, 0) is 36.4 Å². The van der Waals surface area contributed by atoms with Crippen LogP contribution in [0.15, 0.2) is 54.9 Å². The Morgan fingerprint density at radius 3 is 2.60 bits per heavy atom. The molecule has 0 radical (unpaired) electrons. The predicted octanol–water partition coefficient (Wildman–Crippen LogP) is 3.83. The molecule has 2 amide bonds. The van der Waals surface area contributed by atoms with Crippen LogP contribution < -0.4 is 20.5 Å². The molecule has 3 rings (SSSR count). The molecule has 0 spiro atoms. The second-order valence-corrected chi connectivity index (χ2v) is 6.63. The molecule has 30 heavy (non-hydrogen) atoms. The Balaban J connectivity index is 1.79. The second-order valence-electron chi connectivity index (χ2n) is 6.22. The summed E-state index contributed by atoms with van der Waals surface area (Å²) >= 11 is 6.34. The Bertz CT molecular complexity index is 1090. The van der Waals surface area contributed by atoms with Crippen molar-refractivity contribution < 1.29 is 19.1 Å². The number of primary amides is 1. The van der Waals surface area contributed by atoms with Crippen LogP contribution in [0.3, 0.4) is 0 Å². The highest BCUT2D eigenvalue weighted by Crippen LogP contribution is 2.33. The van der Waals surface area contributed by atoms with Gasteiger partial charge >= 0.3 is 6.09 Å². The van der Waals surface area contributed by atoms with E-state index in [1.807, 2.05) is 0 Å². The highest BCUT2D eigenvalue weighted by atomic mass is 35.5. The van der Waals surface area contributed by atoms with Crippen LogP contribution in [0, 0.1) is 0 Å². The van der Waals surface area contributed by atoms with E-state index in [1.165, 1.54) is 17.2 Å². The number of nitrogens with two attached hydrogens (primary N) is 1. The molecule has 154 valence electrons. The summed E-state index contributed by atoms with van der Waals surface area (Å²) in [7, 11) is 3.34. The van der Waals surface area contributed by atoms with Crippen LogP contribution in [-0.4, -0.2) is 41.0 Å². The van der Waals surface area contributed by atoms with Crippen molar-refractivity contribution >= 4 is 35.1 Å². The van der Waals surface area contributed by atoms with Crippen LogP contribution in [0.1, 0.15) is 10.4 Å². The van der Waals surface area contributed by atoms with Gasteiger partial charge in [0.05, 0.1) is 10.6 Å². The summed E-state index contributed by atoms with van der Waals surface area (Å²) in [4.78, 5) is 32.7. The molecule has 0 aliphatic rings. The quantitative estimate of drug-likeness (QED) is 0.613. The number of amides is 2. The van der Waals surface area contributed by atoms with Crippen molar-refractivity contribution in [2.45, 2.75) is 0 Å². The maximum Gasteiger partial charge on any atom is 0.411 e. The molecule has 3 aromatic rings. The Morgan fingerprint density at radius 1 is 1.10 bits per heavy atom. The minimum Gasteiger partial charge on any atom is -0.456 e. The van der Waals surface area contributed by atoms with Gasteiger partial charge in [0.25, 0.3) is 5.91 Å². The van der Waals surface area contributed by atoms with Crippen molar-refractivity contribution in [2.24, 2.45) is 5.73 Å². The molecule has 2 aromatic heterocycles.